The fourth-order valence-corrected chi connectivity index (χ4v) is 4.89. The number of ether oxygens (including phenoxy) is 2. The van der Waals surface area contributed by atoms with Crippen molar-refractivity contribution in [2.75, 3.05) is 12.1 Å². The summed E-state index contributed by atoms with van der Waals surface area (Å²) in [4.78, 5) is 43.0. The third-order valence-corrected chi connectivity index (χ3v) is 7.17. The maximum absolute atomic E-state index is 13.5. The van der Waals surface area contributed by atoms with Gasteiger partial charge in [0.15, 0.2) is 17.1 Å². The van der Waals surface area contributed by atoms with Crippen molar-refractivity contribution in [3.8, 4) is 11.5 Å². The molecule has 1 unspecified atom stereocenters. The molecule has 0 fully saturated rings. The number of anilines is 2. The average molecular weight is 587 g/mol. The van der Waals surface area contributed by atoms with Crippen molar-refractivity contribution >= 4 is 40.6 Å². The van der Waals surface area contributed by atoms with Crippen LogP contribution in [0, 0.1) is 5.92 Å². The number of amides is 2. The Bertz CT molecular complexity index is 1620. The van der Waals surface area contributed by atoms with E-state index in [2.05, 4.69) is 20.9 Å². The number of carbonyl (C=O) groups excluding carboxylic acids is 2. The van der Waals surface area contributed by atoms with Crippen molar-refractivity contribution in [1.29, 1.82) is 0 Å². The maximum atomic E-state index is 13.5. The van der Waals surface area contributed by atoms with Gasteiger partial charge >= 0.3 is 5.97 Å². The van der Waals surface area contributed by atoms with Crippen molar-refractivity contribution in [2.45, 2.75) is 51.6 Å². The van der Waals surface area contributed by atoms with Gasteiger partial charge in [-0.2, -0.15) is 4.98 Å². The average Bonchev–Trinajstić information content (AvgIpc) is 3.61. The molecule has 4 N–H and O–H groups in total. The predicted molar refractivity (Wildman–Crippen MR) is 159 cm³/mol. The van der Waals surface area contributed by atoms with Crippen LogP contribution in [0.1, 0.15) is 56.7 Å². The van der Waals surface area contributed by atoms with E-state index in [1.54, 1.807) is 43.3 Å². The van der Waals surface area contributed by atoms with Gasteiger partial charge in [0.05, 0.1) is 18.4 Å². The van der Waals surface area contributed by atoms with Crippen molar-refractivity contribution in [3.63, 3.8) is 0 Å². The third kappa shape index (κ3) is 7.24. The molecule has 0 saturated carbocycles. The van der Waals surface area contributed by atoms with Gasteiger partial charge in [0.25, 0.3) is 6.01 Å². The van der Waals surface area contributed by atoms with Gasteiger partial charge in [-0.15, -0.1) is 0 Å². The lowest BCUT2D eigenvalue weighted by Crippen LogP contribution is -2.49. The summed E-state index contributed by atoms with van der Waals surface area (Å²) >= 11 is 0. The zero-order valence-electron chi connectivity index (χ0n) is 24.1. The number of para-hydroxylation sites is 1. The van der Waals surface area contributed by atoms with Crippen molar-refractivity contribution in [1.82, 2.24) is 15.6 Å². The molecule has 2 heterocycles. The Balaban J connectivity index is 1.29. The molecular formula is C32H34N4O7. The van der Waals surface area contributed by atoms with Crippen molar-refractivity contribution < 1.29 is 33.4 Å². The number of carboxylic acids is 1. The molecule has 1 aromatic heterocycles. The second-order valence-corrected chi connectivity index (χ2v) is 10.9. The van der Waals surface area contributed by atoms with E-state index in [1.165, 1.54) is 0 Å². The first kappa shape index (κ1) is 29.4. The SMILES string of the molecule is CC(C)C[C@H](NC(=O)C(C)c1ccc2nc(Nc3ccccc3)oc2c1)C(=O)N[C@@H](CC(=O)O)c1ccc2c(c1)OCO2. The Kier molecular flexibility index (Phi) is 8.79. The van der Waals surface area contributed by atoms with Crippen LogP contribution in [0.5, 0.6) is 11.5 Å². The van der Waals surface area contributed by atoms with E-state index in [9.17, 15) is 19.5 Å². The highest BCUT2D eigenvalue weighted by Crippen LogP contribution is 2.35. The monoisotopic (exact) mass is 586 g/mol. The molecule has 0 bridgehead atoms. The maximum Gasteiger partial charge on any atom is 0.305 e. The fourth-order valence-electron chi connectivity index (χ4n) is 4.89. The molecule has 3 aromatic carbocycles. The standard InChI is InChI=1S/C32H34N4O7/c1-18(2)13-25(31(40)34-24(16-29(37)38)21-10-12-26-28(15-21)42-17-41-26)35-30(39)19(3)20-9-11-23-27(14-20)43-32(36-23)33-22-7-5-4-6-8-22/h4-12,14-15,18-19,24-25H,13,16-17H2,1-3H3,(H,33,36)(H,34,40)(H,35,39)(H,37,38)/t19?,24-,25-/m0/s1. The van der Waals surface area contributed by atoms with Crippen LogP contribution in [-0.2, 0) is 14.4 Å². The molecule has 1 aliphatic heterocycles. The number of aromatic nitrogens is 1. The number of fused-ring (bicyclic) bond motifs is 2. The van der Waals surface area contributed by atoms with Gasteiger partial charge in [-0.1, -0.05) is 44.2 Å². The first-order valence-corrected chi connectivity index (χ1v) is 14.1. The molecule has 0 radical (unpaired) electrons. The summed E-state index contributed by atoms with van der Waals surface area (Å²) in [6.07, 6.45) is 0.0172. The number of hydrogen-bond acceptors (Lipinski definition) is 8. The van der Waals surface area contributed by atoms with Gasteiger partial charge in [0.2, 0.25) is 18.6 Å². The normalized spacial score (nSPS) is 14.2. The minimum Gasteiger partial charge on any atom is -0.481 e. The zero-order chi connectivity index (χ0) is 30.5. The lowest BCUT2D eigenvalue weighted by atomic mass is 9.97. The number of carbonyl (C=O) groups is 3. The summed E-state index contributed by atoms with van der Waals surface area (Å²) < 4.78 is 16.6. The van der Waals surface area contributed by atoms with Crippen LogP contribution >= 0.6 is 0 Å². The van der Waals surface area contributed by atoms with Crippen LogP contribution in [0.3, 0.4) is 0 Å². The Morgan fingerprint density at radius 3 is 2.37 bits per heavy atom. The molecular weight excluding hydrogens is 552 g/mol. The summed E-state index contributed by atoms with van der Waals surface area (Å²) in [6, 6.07) is 18.5. The molecule has 224 valence electrons. The molecule has 43 heavy (non-hydrogen) atoms. The molecule has 11 heteroatoms. The van der Waals surface area contributed by atoms with Crippen LogP contribution in [0.4, 0.5) is 11.7 Å². The lowest BCUT2D eigenvalue weighted by molar-refractivity contribution is -0.138. The minimum atomic E-state index is -1.08. The molecule has 0 saturated heterocycles. The fraction of sp³-hybridized carbons (Fsp3) is 0.312. The Hall–Kier alpha value is -5.06. The Morgan fingerprint density at radius 2 is 1.63 bits per heavy atom. The van der Waals surface area contributed by atoms with Crippen LogP contribution in [0.15, 0.2) is 71.1 Å². The lowest BCUT2D eigenvalue weighted by Gasteiger charge is -2.25. The molecule has 5 rings (SSSR count). The van der Waals surface area contributed by atoms with Gasteiger partial charge in [-0.05, 0) is 66.8 Å². The first-order valence-electron chi connectivity index (χ1n) is 14.1. The number of nitrogens with zero attached hydrogens (tertiary/aromatic N) is 1. The van der Waals surface area contributed by atoms with E-state index in [-0.39, 0.29) is 25.0 Å². The number of aliphatic carboxylic acids is 1. The molecule has 4 aromatic rings. The Morgan fingerprint density at radius 1 is 0.884 bits per heavy atom. The van der Waals surface area contributed by atoms with Gasteiger partial charge in [-0.3, -0.25) is 14.4 Å². The van der Waals surface area contributed by atoms with Crippen LogP contribution in [0.2, 0.25) is 0 Å². The van der Waals surface area contributed by atoms with E-state index in [0.717, 1.165) is 5.69 Å². The summed E-state index contributed by atoms with van der Waals surface area (Å²) in [5.74, 6) is -1.39. The smallest absolute Gasteiger partial charge is 0.305 e. The Labute approximate surface area is 248 Å². The summed E-state index contributed by atoms with van der Waals surface area (Å²) in [5.41, 5.74) is 3.25. The quantitative estimate of drug-likeness (QED) is 0.174. The highest BCUT2D eigenvalue weighted by atomic mass is 16.7. The molecule has 0 spiro atoms. The molecule has 3 atom stereocenters. The number of oxazole rings is 1. The number of nitrogens with one attached hydrogen (secondary N) is 3. The van der Waals surface area contributed by atoms with Crippen molar-refractivity contribution in [3.05, 3.63) is 77.9 Å². The molecule has 0 aliphatic carbocycles. The molecule has 11 nitrogen and oxygen atoms in total. The van der Waals surface area contributed by atoms with E-state index in [0.29, 0.717) is 46.2 Å². The zero-order valence-corrected chi connectivity index (χ0v) is 24.1. The van der Waals surface area contributed by atoms with Gasteiger partial charge in [0, 0.05) is 5.69 Å². The second-order valence-electron chi connectivity index (χ2n) is 10.9. The van der Waals surface area contributed by atoms with Gasteiger partial charge in [0.1, 0.15) is 11.6 Å². The number of carboxylic acid groups (broad SMARTS) is 1. The number of rotatable bonds is 12. The van der Waals surface area contributed by atoms with E-state index < -0.39 is 29.9 Å². The topological polar surface area (TPSA) is 152 Å². The predicted octanol–water partition coefficient (Wildman–Crippen LogP) is 5.27. The highest BCUT2D eigenvalue weighted by Gasteiger charge is 2.29. The van der Waals surface area contributed by atoms with Crippen LogP contribution in [0.25, 0.3) is 11.1 Å². The second kappa shape index (κ2) is 12.8. The first-order chi connectivity index (χ1) is 20.7. The number of hydrogen-bond donors (Lipinski definition) is 4. The summed E-state index contributed by atoms with van der Waals surface area (Å²) in [5, 5.41) is 18.4. The molecule has 1 aliphatic rings. The van der Waals surface area contributed by atoms with E-state index >= 15 is 0 Å². The third-order valence-electron chi connectivity index (χ3n) is 7.17. The van der Waals surface area contributed by atoms with Crippen LogP contribution < -0.4 is 25.4 Å². The van der Waals surface area contributed by atoms with Gasteiger partial charge < -0.3 is 34.9 Å². The highest BCUT2D eigenvalue weighted by molar-refractivity contribution is 5.91. The van der Waals surface area contributed by atoms with Crippen LogP contribution in [-0.4, -0.2) is 40.7 Å². The largest absolute Gasteiger partial charge is 0.481 e. The summed E-state index contributed by atoms with van der Waals surface area (Å²) in [7, 11) is 0. The van der Waals surface area contributed by atoms with Gasteiger partial charge in [-0.25, -0.2) is 0 Å². The van der Waals surface area contributed by atoms with Crippen molar-refractivity contribution in [2.24, 2.45) is 5.92 Å². The summed E-state index contributed by atoms with van der Waals surface area (Å²) in [6.45, 7) is 5.72. The van der Waals surface area contributed by atoms with E-state index in [1.807, 2.05) is 44.2 Å². The van der Waals surface area contributed by atoms with E-state index in [4.69, 9.17) is 13.9 Å². The molecule has 2 amide bonds. The minimum absolute atomic E-state index is 0.0739. The number of benzene rings is 3.